The Morgan fingerprint density at radius 2 is 1.58 bits per heavy atom. The largest absolute Gasteiger partial charge is 0.463 e. The zero-order chi connectivity index (χ0) is 31.8. The van der Waals surface area contributed by atoms with Crippen LogP contribution in [0.4, 0.5) is 5.82 Å². The minimum atomic E-state index is -0.980. The highest BCUT2D eigenvalue weighted by Crippen LogP contribution is 2.35. The van der Waals surface area contributed by atoms with Gasteiger partial charge in [0.25, 0.3) is 5.91 Å². The molecular weight excluding hydrogens is 546 g/mol. The van der Waals surface area contributed by atoms with Gasteiger partial charge in [-0.05, 0) is 96.4 Å². The summed E-state index contributed by atoms with van der Waals surface area (Å²) in [5.41, 5.74) is 4.07. The first-order valence-electron chi connectivity index (χ1n) is 15.4. The number of aliphatic imine (C=N–C) groups is 1. The van der Waals surface area contributed by atoms with Crippen LogP contribution in [0.5, 0.6) is 0 Å². The van der Waals surface area contributed by atoms with E-state index in [1.807, 2.05) is 12.1 Å². The van der Waals surface area contributed by atoms with Crippen LogP contribution in [-0.2, 0) is 31.9 Å². The first-order chi connectivity index (χ1) is 20.2. The SMILES string of the molecule is CC(C)CC1=Nc2c(c(CCc3ccc(C(=O)N[C@@H](CCC(=O)OC(C)C)C(=O)OC(C)C)cc3)cn2C(C)C)C(=O)C1. The van der Waals surface area contributed by atoms with Crippen molar-refractivity contribution >= 4 is 35.2 Å². The number of nitrogens with zero attached hydrogens (tertiary/aromatic N) is 2. The highest BCUT2D eigenvalue weighted by Gasteiger charge is 2.28. The molecule has 0 unspecified atom stereocenters. The number of esters is 2. The summed E-state index contributed by atoms with van der Waals surface area (Å²) in [6.45, 7) is 15.4. The van der Waals surface area contributed by atoms with Crippen LogP contribution >= 0.6 is 0 Å². The number of ether oxygens (including phenoxy) is 2. The molecule has 1 aliphatic heterocycles. The Morgan fingerprint density at radius 3 is 2.16 bits per heavy atom. The number of aromatic nitrogens is 1. The van der Waals surface area contributed by atoms with E-state index in [-0.39, 0.29) is 36.9 Å². The maximum atomic E-state index is 13.2. The Bertz CT molecular complexity index is 1330. The number of carbonyl (C=O) groups excluding carboxylic acids is 4. The Hall–Kier alpha value is -3.75. The molecule has 1 amide bonds. The summed E-state index contributed by atoms with van der Waals surface area (Å²) in [6, 6.07) is 6.38. The third-order valence-electron chi connectivity index (χ3n) is 7.04. The van der Waals surface area contributed by atoms with E-state index in [0.29, 0.717) is 30.7 Å². The van der Waals surface area contributed by atoms with Gasteiger partial charge in [0.2, 0.25) is 0 Å². The molecule has 234 valence electrons. The summed E-state index contributed by atoms with van der Waals surface area (Å²) < 4.78 is 12.6. The number of nitrogens with one attached hydrogen (secondary N) is 1. The molecule has 1 aromatic heterocycles. The zero-order valence-corrected chi connectivity index (χ0v) is 26.9. The van der Waals surface area contributed by atoms with Crippen molar-refractivity contribution < 1.29 is 28.7 Å². The summed E-state index contributed by atoms with van der Waals surface area (Å²) in [7, 11) is 0. The van der Waals surface area contributed by atoms with E-state index < -0.39 is 23.9 Å². The lowest BCUT2D eigenvalue weighted by Crippen LogP contribution is -2.43. The number of amides is 1. The van der Waals surface area contributed by atoms with Crippen LogP contribution in [0.2, 0.25) is 0 Å². The van der Waals surface area contributed by atoms with Gasteiger partial charge in [0, 0.05) is 36.4 Å². The highest BCUT2D eigenvalue weighted by atomic mass is 16.5. The molecule has 0 spiro atoms. The average molecular weight is 594 g/mol. The van der Waals surface area contributed by atoms with Crippen molar-refractivity contribution in [2.75, 3.05) is 0 Å². The molecule has 43 heavy (non-hydrogen) atoms. The summed E-state index contributed by atoms with van der Waals surface area (Å²) in [4.78, 5) is 55.8. The molecule has 0 saturated heterocycles. The molecule has 0 fully saturated rings. The quantitative estimate of drug-likeness (QED) is 0.256. The molecule has 9 nitrogen and oxygen atoms in total. The van der Waals surface area contributed by atoms with Gasteiger partial charge in [0.1, 0.15) is 11.9 Å². The van der Waals surface area contributed by atoms with Crippen molar-refractivity contribution in [1.29, 1.82) is 0 Å². The molecule has 0 aliphatic carbocycles. The van der Waals surface area contributed by atoms with E-state index in [1.54, 1.807) is 39.8 Å². The summed E-state index contributed by atoms with van der Waals surface area (Å²) >= 11 is 0. The lowest BCUT2D eigenvalue weighted by molar-refractivity contribution is -0.151. The van der Waals surface area contributed by atoms with Crippen LogP contribution in [-0.4, -0.2) is 52.2 Å². The van der Waals surface area contributed by atoms with E-state index in [9.17, 15) is 19.2 Å². The maximum Gasteiger partial charge on any atom is 0.328 e. The summed E-state index contributed by atoms with van der Waals surface area (Å²) in [5, 5.41) is 2.72. The first kappa shape index (κ1) is 33.7. The Balaban J connectivity index is 1.69. The lowest BCUT2D eigenvalue weighted by Gasteiger charge is -2.19. The van der Waals surface area contributed by atoms with E-state index in [2.05, 4.69) is 43.8 Å². The Morgan fingerprint density at radius 1 is 0.930 bits per heavy atom. The van der Waals surface area contributed by atoms with Gasteiger partial charge < -0.3 is 19.4 Å². The fourth-order valence-electron chi connectivity index (χ4n) is 5.11. The van der Waals surface area contributed by atoms with Gasteiger partial charge in [0.15, 0.2) is 5.78 Å². The Kier molecular flexibility index (Phi) is 11.9. The van der Waals surface area contributed by atoms with Crippen LogP contribution in [0.15, 0.2) is 35.5 Å². The molecular formula is C34H47N3O6. The number of carbonyl (C=O) groups is 4. The summed E-state index contributed by atoms with van der Waals surface area (Å²) in [6.07, 6.45) is 4.03. The summed E-state index contributed by atoms with van der Waals surface area (Å²) in [5.74, 6) is -0.127. The second kappa shape index (κ2) is 15.1. The molecule has 1 aliphatic rings. The smallest absolute Gasteiger partial charge is 0.328 e. The van der Waals surface area contributed by atoms with Gasteiger partial charge in [0.05, 0.1) is 17.8 Å². The number of Topliss-reactive ketones (excluding diaryl/α,β-unsaturated/α-hetero) is 1. The first-order valence-corrected chi connectivity index (χ1v) is 15.4. The fraction of sp³-hybridized carbons (Fsp3) is 0.559. The normalized spacial score (nSPS) is 13.8. The highest BCUT2D eigenvalue weighted by molar-refractivity contribution is 6.16. The molecule has 2 aromatic rings. The lowest BCUT2D eigenvalue weighted by atomic mass is 9.94. The van der Waals surface area contributed by atoms with Crippen LogP contribution < -0.4 is 5.32 Å². The molecule has 0 saturated carbocycles. The second-order valence-electron chi connectivity index (χ2n) is 12.5. The molecule has 0 radical (unpaired) electrons. The van der Waals surface area contributed by atoms with Crippen molar-refractivity contribution in [3.63, 3.8) is 0 Å². The van der Waals surface area contributed by atoms with E-state index >= 15 is 0 Å². The number of benzene rings is 1. The van der Waals surface area contributed by atoms with Gasteiger partial charge in [-0.25, -0.2) is 9.79 Å². The van der Waals surface area contributed by atoms with Gasteiger partial charge in [-0.15, -0.1) is 0 Å². The second-order valence-corrected chi connectivity index (χ2v) is 12.5. The van der Waals surface area contributed by atoms with E-state index in [4.69, 9.17) is 14.5 Å². The number of ketones is 1. The number of hydrogen-bond acceptors (Lipinski definition) is 7. The molecule has 3 rings (SSSR count). The topological polar surface area (TPSA) is 116 Å². The predicted molar refractivity (Wildman–Crippen MR) is 167 cm³/mol. The molecule has 0 bridgehead atoms. The van der Waals surface area contributed by atoms with Gasteiger partial charge in [-0.1, -0.05) is 26.0 Å². The van der Waals surface area contributed by atoms with Crippen molar-refractivity contribution in [2.45, 2.75) is 118 Å². The molecule has 1 aromatic carbocycles. The minimum Gasteiger partial charge on any atom is -0.463 e. The fourth-order valence-corrected chi connectivity index (χ4v) is 5.11. The van der Waals surface area contributed by atoms with Crippen LogP contribution in [0.1, 0.15) is 119 Å². The van der Waals surface area contributed by atoms with Crippen LogP contribution in [0.25, 0.3) is 0 Å². The standard InChI is InChI=1S/C34H47N3O6/c1-20(2)17-27-18-29(38)31-26(19-37(21(3)4)32(31)35-27)14-11-24-9-12-25(13-10-24)33(40)36-28(34(41)43-23(7)8)15-16-30(39)42-22(5)6/h9-10,12-13,19-23,28H,11,14-18H2,1-8H3,(H,36,40)/t28-/m0/s1. The van der Waals surface area contributed by atoms with Crippen molar-refractivity contribution in [1.82, 2.24) is 9.88 Å². The third kappa shape index (κ3) is 9.63. The van der Waals surface area contributed by atoms with Gasteiger partial charge in [-0.3, -0.25) is 14.4 Å². The minimum absolute atomic E-state index is 0.0235. The number of fused-ring (bicyclic) bond motifs is 1. The molecule has 9 heteroatoms. The van der Waals surface area contributed by atoms with Crippen LogP contribution in [0.3, 0.4) is 0 Å². The number of hydrogen-bond donors (Lipinski definition) is 1. The monoisotopic (exact) mass is 593 g/mol. The van der Waals surface area contributed by atoms with E-state index in [0.717, 1.165) is 34.6 Å². The van der Waals surface area contributed by atoms with Crippen molar-refractivity contribution in [3.8, 4) is 0 Å². The average Bonchev–Trinajstić information content (AvgIpc) is 3.28. The zero-order valence-electron chi connectivity index (χ0n) is 26.9. The number of aryl methyl sites for hydroxylation is 2. The van der Waals surface area contributed by atoms with Crippen molar-refractivity contribution in [3.05, 3.63) is 52.7 Å². The molecule has 1 N–H and O–H groups in total. The molecule has 2 heterocycles. The van der Waals surface area contributed by atoms with Crippen LogP contribution in [0, 0.1) is 5.92 Å². The molecule has 1 atom stereocenters. The third-order valence-corrected chi connectivity index (χ3v) is 7.04. The van der Waals surface area contributed by atoms with Gasteiger partial charge in [-0.2, -0.15) is 0 Å². The predicted octanol–water partition coefficient (Wildman–Crippen LogP) is 6.34. The number of rotatable bonds is 14. The Labute approximate surface area is 255 Å². The van der Waals surface area contributed by atoms with Gasteiger partial charge >= 0.3 is 11.9 Å². The van der Waals surface area contributed by atoms with Crippen molar-refractivity contribution in [2.24, 2.45) is 10.9 Å². The van der Waals surface area contributed by atoms with E-state index in [1.165, 1.54) is 0 Å². The maximum absolute atomic E-state index is 13.2.